The van der Waals surface area contributed by atoms with Crippen LogP contribution in [0, 0.1) is 11.7 Å². The Labute approximate surface area is 109 Å². The molecule has 1 atom stereocenters. The van der Waals surface area contributed by atoms with Crippen molar-refractivity contribution < 1.29 is 4.39 Å². The Morgan fingerprint density at radius 3 is 3.00 bits per heavy atom. The first kappa shape index (κ1) is 12.6. The molecule has 1 unspecified atom stereocenters. The topological polar surface area (TPSA) is 41.3 Å². The van der Waals surface area contributed by atoms with Crippen molar-refractivity contribution in [3.63, 3.8) is 0 Å². The number of nitrogens with two attached hydrogens (primary N) is 1. The molecule has 5 heteroatoms. The van der Waals surface area contributed by atoms with Crippen molar-refractivity contribution in [2.24, 2.45) is 5.92 Å². The Hall–Kier alpha value is -0.810. The molecule has 0 aliphatic carbocycles. The number of nitrogen functional groups attached to an aromatic ring is 1. The lowest BCUT2D eigenvalue weighted by atomic mass is 10.1. The van der Waals surface area contributed by atoms with Crippen LogP contribution in [0.5, 0.6) is 0 Å². The second-order valence-electron chi connectivity index (χ2n) is 4.65. The number of nitrogens with one attached hydrogen (secondary N) is 1. The molecular weight excluding hydrogens is 285 g/mol. The van der Waals surface area contributed by atoms with Gasteiger partial charge in [-0.05, 0) is 47.9 Å². The molecule has 1 fully saturated rings. The zero-order chi connectivity index (χ0) is 12.4. The van der Waals surface area contributed by atoms with Crippen LogP contribution in [-0.4, -0.2) is 31.6 Å². The zero-order valence-corrected chi connectivity index (χ0v) is 11.4. The van der Waals surface area contributed by atoms with Gasteiger partial charge in [0.25, 0.3) is 0 Å². The number of hydrogen-bond donors (Lipinski definition) is 2. The third kappa shape index (κ3) is 3.10. The molecule has 0 aromatic heterocycles. The summed E-state index contributed by atoms with van der Waals surface area (Å²) in [6.45, 7) is 3.14. The van der Waals surface area contributed by atoms with Gasteiger partial charge in [0, 0.05) is 19.2 Å². The van der Waals surface area contributed by atoms with Gasteiger partial charge in [-0.2, -0.15) is 0 Å². The Kier molecular flexibility index (Phi) is 3.89. The van der Waals surface area contributed by atoms with Gasteiger partial charge in [0.2, 0.25) is 0 Å². The number of likely N-dealkylation sites (tertiary alicyclic amines) is 1. The van der Waals surface area contributed by atoms with Gasteiger partial charge >= 0.3 is 0 Å². The maximum Gasteiger partial charge on any atom is 0.139 e. The molecule has 94 valence electrons. The van der Waals surface area contributed by atoms with Crippen LogP contribution < -0.4 is 11.1 Å². The molecule has 0 amide bonds. The van der Waals surface area contributed by atoms with Crippen LogP contribution in [0.1, 0.15) is 6.42 Å². The molecule has 2 rings (SSSR count). The van der Waals surface area contributed by atoms with Crippen molar-refractivity contribution in [3.8, 4) is 0 Å². The van der Waals surface area contributed by atoms with E-state index in [4.69, 9.17) is 5.73 Å². The van der Waals surface area contributed by atoms with E-state index in [2.05, 4.69) is 33.2 Å². The van der Waals surface area contributed by atoms with Crippen LogP contribution in [0.15, 0.2) is 16.6 Å². The standard InChI is InChI=1S/C12H17BrFN3/c1-17-3-2-8(7-17)6-16-12-4-9(13)10(14)5-11(12)15/h4-5,8,16H,2-3,6-7,15H2,1H3. The summed E-state index contributed by atoms with van der Waals surface area (Å²) in [4.78, 5) is 2.32. The lowest BCUT2D eigenvalue weighted by Crippen LogP contribution is -2.19. The summed E-state index contributed by atoms with van der Waals surface area (Å²) in [6.07, 6.45) is 1.20. The number of anilines is 2. The van der Waals surface area contributed by atoms with Crippen LogP contribution in [0.2, 0.25) is 0 Å². The normalized spacial score (nSPS) is 20.8. The average molecular weight is 302 g/mol. The largest absolute Gasteiger partial charge is 0.397 e. The molecule has 1 heterocycles. The molecule has 1 aromatic carbocycles. The highest BCUT2D eigenvalue weighted by Crippen LogP contribution is 2.27. The maximum absolute atomic E-state index is 13.2. The van der Waals surface area contributed by atoms with E-state index in [1.165, 1.54) is 12.5 Å². The van der Waals surface area contributed by atoms with E-state index in [0.29, 0.717) is 16.1 Å². The predicted octanol–water partition coefficient (Wildman–Crippen LogP) is 2.53. The number of rotatable bonds is 3. The fraction of sp³-hybridized carbons (Fsp3) is 0.500. The molecule has 1 saturated heterocycles. The lowest BCUT2D eigenvalue weighted by molar-refractivity contribution is 0.399. The van der Waals surface area contributed by atoms with Crippen molar-refractivity contribution in [1.29, 1.82) is 0 Å². The van der Waals surface area contributed by atoms with E-state index in [0.717, 1.165) is 25.3 Å². The molecule has 3 nitrogen and oxygen atoms in total. The van der Waals surface area contributed by atoms with Crippen LogP contribution in [0.3, 0.4) is 0 Å². The Morgan fingerprint density at radius 2 is 2.35 bits per heavy atom. The minimum Gasteiger partial charge on any atom is -0.397 e. The summed E-state index contributed by atoms with van der Waals surface area (Å²) in [6, 6.07) is 3.04. The molecule has 0 bridgehead atoms. The number of halogens is 2. The van der Waals surface area contributed by atoms with Crippen molar-refractivity contribution >= 4 is 27.3 Å². The van der Waals surface area contributed by atoms with Gasteiger partial charge in [0.05, 0.1) is 15.8 Å². The van der Waals surface area contributed by atoms with Gasteiger partial charge < -0.3 is 16.0 Å². The van der Waals surface area contributed by atoms with Gasteiger partial charge in [0.1, 0.15) is 5.82 Å². The fourth-order valence-electron chi connectivity index (χ4n) is 2.16. The monoisotopic (exact) mass is 301 g/mol. The third-order valence-corrected chi connectivity index (χ3v) is 3.77. The first-order valence-electron chi connectivity index (χ1n) is 5.73. The van der Waals surface area contributed by atoms with Crippen molar-refractivity contribution in [1.82, 2.24) is 4.90 Å². The predicted molar refractivity (Wildman–Crippen MR) is 72.6 cm³/mol. The van der Waals surface area contributed by atoms with Crippen LogP contribution in [0.4, 0.5) is 15.8 Å². The zero-order valence-electron chi connectivity index (χ0n) is 9.84. The lowest BCUT2D eigenvalue weighted by Gasteiger charge is -2.14. The van der Waals surface area contributed by atoms with Crippen molar-refractivity contribution in [2.75, 3.05) is 37.7 Å². The highest BCUT2D eigenvalue weighted by Gasteiger charge is 2.19. The Morgan fingerprint density at radius 1 is 1.59 bits per heavy atom. The van der Waals surface area contributed by atoms with E-state index < -0.39 is 0 Å². The molecular formula is C12H17BrFN3. The van der Waals surface area contributed by atoms with Gasteiger partial charge in [0.15, 0.2) is 0 Å². The fourth-order valence-corrected chi connectivity index (χ4v) is 2.51. The summed E-state index contributed by atoms with van der Waals surface area (Å²) in [5, 5.41) is 3.30. The molecule has 0 radical (unpaired) electrons. The Balaban J connectivity index is 1.97. The summed E-state index contributed by atoms with van der Waals surface area (Å²) < 4.78 is 13.6. The number of benzene rings is 1. The highest BCUT2D eigenvalue weighted by atomic mass is 79.9. The van der Waals surface area contributed by atoms with Crippen LogP contribution in [-0.2, 0) is 0 Å². The Bertz CT molecular complexity index is 411. The summed E-state index contributed by atoms with van der Waals surface area (Å²) in [7, 11) is 2.13. The van der Waals surface area contributed by atoms with Crippen molar-refractivity contribution in [2.45, 2.75) is 6.42 Å². The quantitative estimate of drug-likeness (QED) is 0.843. The second kappa shape index (κ2) is 5.23. The summed E-state index contributed by atoms with van der Waals surface area (Å²) >= 11 is 3.16. The van der Waals surface area contributed by atoms with Gasteiger partial charge in [-0.15, -0.1) is 0 Å². The second-order valence-corrected chi connectivity index (χ2v) is 5.51. The molecule has 3 N–H and O–H groups in total. The van der Waals surface area contributed by atoms with E-state index >= 15 is 0 Å². The number of hydrogen-bond acceptors (Lipinski definition) is 3. The van der Waals surface area contributed by atoms with Crippen molar-refractivity contribution in [3.05, 3.63) is 22.4 Å². The van der Waals surface area contributed by atoms with E-state index in [-0.39, 0.29) is 5.82 Å². The minimum absolute atomic E-state index is 0.325. The molecule has 17 heavy (non-hydrogen) atoms. The van der Waals surface area contributed by atoms with Gasteiger partial charge in [-0.3, -0.25) is 0 Å². The van der Waals surface area contributed by atoms with E-state index in [9.17, 15) is 4.39 Å². The van der Waals surface area contributed by atoms with E-state index in [1.54, 1.807) is 6.07 Å². The highest BCUT2D eigenvalue weighted by molar-refractivity contribution is 9.10. The van der Waals surface area contributed by atoms with Gasteiger partial charge in [-0.25, -0.2) is 4.39 Å². The molecule has 1 aromatic rings. The molecule has 0 saturated carbocycles. The SMILES string of the molecule is CN1CCC(CNc2cc(Br)c(F)cc2N)C1. The number of nitrogens with zero attached hydrogens (tertiary/aromatic N) is 1. The van der Waals surface area contributed by atoms with E-state index in [1.807, 2.05) is 0 Å². The molecule has 1 aliphatic rings. The smallest absolute Gasteiger partial charge is 0.139 e. The maximum atomic E-state index is 13.2. The molecule has 0 spiro atoms. The van der Waals surface area contributed by atoms with Crippen LogP contribution >= 0.6 is 15.9 Å². The van der Waals surface area contributed by atoms with Crippen LogP contribution in [0.25, 0.3) is 0 Å². The minimum atomic E-state index is -0.325. The summed E-state index contributed by atoms with van der Waals surface area (Å²) in [5.41, 5.74) is 7.02. The van der Waals surface area contributed by atoms with Gasteiger partial charge in [-0.1, -0.05) is 0 Å². The third-order valence-electron chi connectivity index (χ3n) is 3.16. The molecule has 1 aliphatic heterocycles. The average Bonchev–Trinajstić information content (AvgIpc) is 2.68. The first-order valence-corrected chi connectivity index (χ1v) is 6.52. The summed E-state index contributed by atoms with van der Waals surface area (Å²) in [5.74, 6) is 0.317. The first-order chi connectivity index (χ1) is 8.06.